The van der Waals surface area contributed by atoms with Gasteiger partial charge in [0.1, 0.15) is 0 Å². The molecule has 3 rings (SSSR count). The highest BCUT2D eigenvalue weighted by Crippen LogP contribution is 2.51. The molecule has 0 amide bonds. The number of ether oxygens (including phenoxy) is 2. The van der Waals surface area contributed by atoms with Crippen molar-refractivity contribution in [2.45, 2.75) is 10.9 Å². The van der Waals surface area contributed by atoms with Crippen LogP contribution in [0.2, 0.25) is 0 Å². The highest BCUT2D eigenvalue weighted by molar-refractivity contribution is 8.31. The van der Waals surface area contributed by atoms with Gasteiger partial charge in [0.05, 0.1) is 4.58 Å². The van der Waals surface area contributed by atoms with Gasteiger partial charge >= 0.3 is 0 Å². The molecule has 2 aliphatic rings. The number of hydrogen-bond donors (Lipinski definition) is 0. The molecule has 1 aromatic carbocycles. The predicted molar refractivity (Wildman–Crippen MR) is 59.0 cm³/mol. The van der Waals surface area contributed by atoms with Crippen LogP contribution in [0.1, 0.15) is 22.0 Å². The largest absolute Gasteiger partial charge is 0.322 e. The van der Waals surface area contributed by atoms with Crippen molar-refractivity contribution in [1.29, 1.82) is 0 Å². The van der Waals surface area contributed by atoms with Gasteiger partial charge in [0, 0.05) is 10.6 Å². The second kappa shape index (κ2) is 3.77. The molecule has 14 heavy (non-hydrogen) atoms. The van der Waals surface area contributed by atoms with Crippen molar-refractivity contribution in [2.24, 2.45) is 0 Å². The lowest BCUT2D eigenvalue weighted by Gasteiger charge is -2.28. The number of rotatable bonds is 2. The highest BCUT2D eigenvalue weighted by Gasteiger charge is 2.23. The second-order valence-corrected chi connectivity index (χ2v) is 6.08. The van der Waals surface area contributed by atoms with Crippen molar-refractivity contribution in [3.05, 3.63) is 35.4 Å². The van der Waals surface area contributed by atoms with Crippen molar-refractivity contribution < 1.29 is 9.47 Å². The summed E-state index contributed by atoms with van der Waals surface area (Å²) in [6, 6.07) is 8.53. The lowest BCUT2D eigenvalue weighted by atomic mass is 10.1. The Morgan fingerprint density at radius 3 is 2.07 bits per heavy atom. The molecule has 0 saturated carbocycles. The smallest absolute Gasteiger partial charge is 0.189 e. The van der Waals surface area contributed by atoms with E-state index < -0.39 is 0 Å². The Balaban J connectivity index is 1.75. The molecule has 0 N–H and O–H groups in total. The van der Waals surface area contributed by atoms with Crippen LogP contribution in [0.25, 0.3) is 0 Å². The van der Waals surface area contributed by atoms with E-state index in [9.17, 15) is 0 Å². The van der Waals surface area contributed by atoms with Gasteiger partial charge in [-0.15, -0.1) is 23.5 Å². The Kier molecular flexibility index (Phi) is 2.45. The Hall–Kier alpha value is -0.160. The number of hydrogen-bond acceptors (Lipinski definition) is 4. The zero-order valence-electron chi connectivity index (χ0n) is 7.51. The molecule has 1 aromatic rings. The molecule has 2 heterocycles. The molecule has 0 bridgehead atoms. The van der Waals surface area contributed by atoms with Crippen LogP contribution in [0.4, 0.5) is 0 Å². The summed E-state index contributed by atoms with van der Waals surface area (Å²) in [7, 11) is 0. The summed E-state index contributed by atoms with van der Waals surface area (Å²) in [6.07, 6.45) is -0.120. The molecular weight excluding hydrogens is 216 g/mol. The molecule has 74 valence electrons. The first-order valence-corrected chi connectivity index (χ1v) is 6.59. The van der Waals surface area contributed by atoms with Crippen molar-refractivity contribution in [1.82, 2.24) is 0 Å². The third kappa shape index (κ3) is 1.56. The fourth-order valence-corrected chi connectivity index (χ4v) is 3.26. The Bertz CT molecular complexity index is 284. The maximum Gasteiger partial charge on any atom is 0.189 e. The molecule has 4 heteroatoms. The first kappa shape index (κ1) is 9.09. The summed E-state index contributed by atoms with van der Waals surface area (Å²) in [5, 5.41) is 1.22. The van der Waals surface area contributed by atoms with E-state index in [4.69, 9.17) is 9.47 Å². The third-order valence-corrected chi connectivity index (χ3v) is 5.41. The molecule has 0 radical (unpaired) electrons. The maximum absolute atomic E-state index is 5.22. The van der Waals surface area contributed by atoms with E-state index in [2.05, 4.69) is 24.3 Å². The fraction of sp³-hybridized carbons (Fsp3) is 0.400. The van der Waals surface area contributed by atoms with Crippen LogP contribution in [-0.4, -0.2) is 11.9 Å². The lowest BCUT2D eigenvalue weighted by Crippen LogP contribution is -2.21. The van der Waals surface area contributed by atoms with E-state index in [-0.39, 0.29) is 6.29 Å². The van der Waals surface area contributed by atoms with E-state index >= 15 is 0 Å². The summed E-state index contributed by atoms with van der Waals surface area (Å²) in [6.45, 7) is 0.431. The third-order valence-electron chi connectivity index (χ3n) is 2.36. The molecule has 2 fully saturated rings. The van der Waals surface area contributed by atoms with Gasteiger partial charge in [-0.05, 0) is 5.56 Å². The summed E-state index contributed by atoms with van der Waals surface area (Å²) in [5.74, 6) is 0. The summed E-state index contributed by atoms with van der Waals surface area (Å²) in [4.78, 5) is 0. The van der Waals surface area contributed by atoms with Crippen LogP contribution in [0.15, 0.2) is 24.3 Å². The fourth-order valence-electron chi connectivity index (χ4n) is 1.47. The molecule has 2 aliphatic heterocycles. The molecule has 0 aromatic heterocycles. The minimum atomic E-state index is -0.120. The van der Waals surface area contributed by atoms with E-state index in [0.717, 1.165) is 5.56 Å². The first-order valence-electron chi connectivity index (χ1n) is 4.50. The molecule has 0 aliphatic carbocycles. The molecule has 2 nitrogen and oxygen atoms in total. The van der Waals surface area contributed by atoms with Gasteiger partial charge in [0.25, 0.3) is 0 Å². The van der Waals surface area contributed by atoms with Gasteiger partial charge in [-0.25, -0.2) is 0 Å². The van der Waals surface area contributed by atoms with Crippen LogP contribution in [0.3, 0.4) is 0 Å². The van der Waals surface area contributed by atoms with Crippen molar-refractivity contribution >= 4 is 23.5 Å². The van der Waals surface area contributed by atoms with E-state index in [0.29, 0.717) is 11.4 Å². The summed E-state index contributed by atoms with van der Waals surface area (Å²) in [5.41, 5.74) is 2.52. The van der Waals surface area contributed by atoms with Crippen LogP contribution < -0.4 is 0 Å². The lowest BCUT2D eigenvalue weighted by molar-refractivity contribution is -0.326. The van der Waals surface area contributed by atoms with Crippen LogP contribution in [-0.2, 0) is 9.47 Å². The summed E-state index contributed by atoms with van der Waals surface area (Å²) < 4.78 is 11.1. The van der Waals surface area contributed by atoms with Gasteiger partial charge in [0.15, 0.2) is 13.1 Å². The normalized spacial score (nSPS) is 22.9. The van der Waals surface area contributed by atoms with Crippen molar-refractivity contribution in [3.8, 4) is 0 Å². The highest BCUT2D eigenvalue weighted by atomic mass is 32.3. The molecule has 0 unspecified atom stereocenters. The predicted octanol–water partition coefficient (Wildman–Crippen LogP) is 3.13. The van der Waals surface area contributed by atoms with E-state index in [1.54, 1.807) is 0 Å². The summed E-state index contributed by atoms with van der Waals surface area (Å²) >= 11 is 3.99. The molecule has 2 saturated heterocycles. The Morgan fingerprint density at radius 2 is 1.64 bits per heavy atom. The zero-order chi connectivity index (χ0) is 9.38. The van der Waals surface area contributed by atoms with Crippen LogP contribution >= 0.6 is 23.5 Å². The average Bonchev–Trinajstić information content (AvgIpc) is 2.02. The molecule has 0 spiro atoms. The Labute approximate surface area is 91.4 Å². The maximum atomic E-state index is 5.22. The van der Waals surface area contributed by atoms with Crippen LogP contribution in [0, 0.1) is 0 Å². The number of thioether (sulfide) groups is 2. The molecular formula is C10H10O2S2. The van der Waals surface area contributed by atoms with Gasteiger partial charge in [-0.3, -0.25) is 0 Å². The van der Waals surface area contributed by atoms with Crippen molar-refractivity contribution in [3.63, 3.8) is 0 Å². The molecule has 0 atom stereocenters. The SMILES string of the molecule is c1cc(C2SCS2)ccc1C1OCO1. The van der Waals surface area contributed by atoms with Gasteiger partial charge in [0.2, 0.25) is 0 Å². The zero-order valence-corrected chi connectivity index (χ0v) is 9.14. The van der Waals surface area contributed by atoms with E-state index in [1.807, 2.05) is 23.5 Å². The average molecular weight is 226 g/mol. The van der Waals surface area contributed by atoms with Gasteiger partial charge < -0.3 is 9.47 Å². The van der Waals surface area contributed by atoms with Crippen LogP contribution in [0.5, 0.6) is 0 Å². The number of benzene rings is 1. The monoisotopic (exact) mass is 226 g/mol. The standard InChI is InChI=1S/C10H10O2S2/c1-3-8(10-13-6-14-10)4-2-7(1)9-11-5-12-9/h1-4,9-10H,5-6H2. The minimum absolute atomic E-state index is 0.120. The topological polar surface area (TPSA) is 18.5 Å². The van der Waals surface area contributed by atoms with E-state index in [1.165, 1.54) is 10.6 Å². The van der Waals surface area contributed by atoms with Gasteiger partial charge in [-0.1, -0.05) is 24.3 Å². The van der Waals surface area contributed by atoms with Crippen molar-refractivity contribution in [2.75, 3.05) is 11.9 Å². The first-order chi connectivity index (χ1) is 6.93. The van der Waals surface area contributed by atoms with Gasteiger partial charge in [-0.2, -0.15) is 0 Å². The second-order valence-electron chi connectivity index (χ2n) is 3.23. The quantitative estimate of drug-likeness (QED) is 0.771. The minimum Gasteiger partial charge on any atom is -0.322 e. The Morgan fingerprint density at radius 1 is 1.00 bits per heavy atom.